The van der Waals surface area contributed by atoms with Gasteiger partial charge >= 0.3 is 11.9 Å². The van der Waals surface area contributed by atoms with Crippen LogP contribution in [0.15, 0.2) is 51.3 Å². The Kier molecular flexibility index (Phi) is 6.64. The highest BCUT2D eigenvalue weighted by Crippen LogP contribution is 2.44. The molecular weight excluding hydrogens is 464 g/mol. The zero-order chi connectivity index (χ0) is 21.1. The lowest BCUT2D eigenvalue weighted by Gasteiger charge is -2.41. The van der Waals surface area contributed by atoms with Crippen LogP contribution in [-0.2, 0) is 23.9 Å². The second kappa shape index (κ2) is 9.00. The number of esters is 2. The van der Waals surface area contributed by atoms with Crippen LogP contribution in [0.2, 0.25) is 0 Å². The Morgan fingerprint density at radius 1 is 1.31 bits per heavy atom. The van der Waals surface area contributed by atoms with E-state index in [1.807, 2.05) is 6.07 Å². The Bertz CT molecular complexity index is 927. The molecule has 3 rings (SSSR count). The third-order valence-electron chi connectivity index (χ3n) is 4.78. The van der Waals surface area contributed by atoms with Crippen molar-refractivity contribution in [1.29, 1.82) is 0 Å². The Morgan fingerprint density at radius 2 is 2.07 bits per heavy atom. The second-order valence-corrected chi connectivity index (χ2v) is 7.55. The number of allylic oxidation sites excluding steroid dienone is 1. The predicted octanol–water partition coefficient (Wildman–Crippen LogP) is 2.46. The quantitative estimate of drug-likeness (QED) is 0.512. The number of benzene rings is 1. The lowest BCUT2D eigenvalue weighted by atomic mass is 9.79. The number of halogens is 2. The fourth-order valence-corrected chi connectivity index (χ4v) is 4.37. The molecule has 0 aliphatic carbocycles. The Hall–Kier alpha value is -2.32. The summed E-state index contributed by atoms with van der Waals surface area (Å²) in [6.07, 6.45) is 0. The third-order valence-corrected chi connectivity index (χ3v) is 5.53. The van der Waals surface area contributed by atoms with E-state index in [2.05, 4.69) is 21.2 Å². The van der Waals surface area contributed by atoms with Crippen LogP contribution in [0.1, 0.15) is 18.4 Å². The lowest BCUT2D eigenvalue weighted by molar-refractivity contribution is -0.139. The number of nitrogens with zero attached hydrogens (tertiary/aromatic N) is 1. The largest absolute Gasteiger partial charge is 0.466 e. The van der Waals surface area contributed by atoms with Crippen molar-refractivity contribution in [2.45, 2.75) is 12.8 Å². The number of methoxy groups -OCH3 is 1. The second-order valence-electron chi connectivity index (χ2n) is 6.36. The van der Waals surface area contributed by atoms with E-state index in [9.17, 15) is 14.4 Å². The van der Waals surface area contributed by atoms with Gasteiger partial charge < -0.3 is 19.7 Å². The topological polar surface area (TPSA) is 84.9 Å². The van der Waals surface area contributed by atoms with Crippen LogP contribution in [-0.4, -0.2) is 55.4 Å². The number of piperazine rings is 1. The van der Waals surface area contributed by atoms with E-state index in [0.717, 1.165) is 4.47 Å². The van der Waals surface area contributed by atoms with Crippen molar-refractivity contribution in [3.63, 3.8) is 0 Å². The van der Waals surface area contributed by atoms with E-state index in [-0.39, 0.29) is 29.3 Å². The number of fused-ring (bicyclic) bond motifs is 1. The minimum atomic E-state index is -0.858. The molecule has 1 saturated heterocycles. The Labute approximate surface area is 181 Å². The molecule has 1 unspecified atom stereocenters. The first-order chi connectivity index (χ1) is 13.9. The Morgan fingerprint density at radius 3 is 2.69 bits per heavy atom. The maximum absolute atomic E-state index is 13.0. The van der Waals surface area contributed by atoms with Gasteiger partial charge in [0, 0.05) is 23.3 Å². The molecule has 0 aromatic heterocycles. The average molecular weight is 484 g/mol. The molecule has 1 atom stereocenters. The normalized spacial score (nSPS) is 19.0. The summed E-state index contributed by atoms with van der Waals surface area (Å²) < 4.78 is 11.1. The molecule has 2 aliphatic heterocycles. The number of alkyl halides is 1. The molecule has 29 heavy (non-hydrogen) atoms. The van der Waals surface area contributed by atoms with Gasteiger partial charge in [-0.1, -0.05) is 28.1 Å². The molecule has 1 aromatic rings. The molecule has 1 fully saturated rings. The first-order valence-electron chi connectivity index (χ1n) is 9.04. The van der Waals surface area contributed by atoms with Gasteiger partial charge in [-0.15, -0.1) is 11.6 Å². The smallest absolute Gasteiger partial charge is 0.337 e. The zero-order valence-corrected chi connectivity index (χ0v) is 18.3. The van der Waals surface area contributed by atoms with Gasteiger partial charge in [-0.05, 0) is 24.6 Å². The monoisotopic (exact) mass is 482 g/mol. The van der Waals surface area contributed by atoms with Crippen molar-refractivity contribution in [1.82, 2.24) is 10.2 Å². The average Bonchev–Trinajstić information content (AvgIpc) is 2.71. The highest BCUT2D eigenvalue weighted by Gasteiger charge is 2.45. The fraction of sp³-hybridized carbons (Fsp3) is 0.350. The van der Waals surface area contributed by atoms with Gasteiger partial charge in [-0.2, -0.15) is 0 Å². The summed E-state index contributed by atoms with van der Waals surface area (Å²) in [5.41, 5.74) is 1.55. The lowest BCUT2D eigenvalue weighted by Crippen LogP contribution is -2.50. The molecule has 9 heteroatoms. The van der Waals surface area contributed by atoms with Crippen molar-refractivity contribution in [2.75, 3.05) is 32.7 Å². The number of carbonyl (C=O) groups is 3. The number of carbonyl (C=O) groups excluding carboxylic acids is 3. The Balaban J connectivity index is 2.35. The van der Waals surface area contributed by atoms with Gasteiger partial charge in [0.2, 0.25) is 0 Å². The molecule has 0 saturated carbocycles. The first kappa shape index (κ1) is 21.4. The van der Waals surface area contributed by atoms with Crippen molar-refractivity contribution in [2.24, 2.45) is 0 Å². The molecule has 2 aliphatic rings. The van der Waals surface area contributed by atoms with Crippen LogP contribution in [0.4, 0.5) is 0 Å². The van der Waals surface area contributed by atoms with Crippen LogP contribution in [0.3, 0.4) is 0 Å². The number of rotatable bonds is 5. The summed E-state index contributed by atoms with van der Waals surface area (Å²) in [4.78, 5) is 40.2. The van der Waals surface area contributed by atoms with Gasteiger partial charge in [0.25, 0.3) is 5.91 Å². The van der Waals surface area contributed by atoms with E-state index in [1.165, 1.54) is 7.11 Å². The number of hydrogen-bond donors (Lipinski definition) is 1. The summed E-state index contributed by atoms with van der Waals surface area (Å²) in [5, 5.41) is 2.75. The summed E-state index contributed by atoms with van der Waals surface area (Å²) >= 11 is 9.67. The van der Waals surface area contributed by atoms with Crippen LogP contribution in [0.5, 0.6) is 0 Å². The number of hydrogen-bond acceptors (Lipinski definition) is 6. The van der Waals surface area contributed by atoms with Crippen molar-refractivity contribution >= 4 is 45.4 Å². The number of ether oxygens (including phenoxy) is 2. The number of amides is 1. The van der Waals surface area contributed by atoms with Gasteiger partial charge in [0.1, 0.15) is 5.70 Å². The van der Waals surface area contributed by atoms with Gasteiger partial charge in [0.05, 0.1) is 36.7 Å². The summed E-state index contributed by atoms with van der Waals surface area (Å²) in [5.74, 6) is -2.57. The molecule has 1 amide bonds. The van der Waals surface area contributed by atoms with Crippen molar-refractivity contribution in [3.8, 4) is 0 Å². The maximum Gasteiger partial charge on any atom is 0.337 e. The van der Waals surface area contributed by atoms with Gasteiger partial charge in [-0.3, -0.25) is 4.79 Å². The summed E-state index contributed by atoms with van der Waals surface area (Å²) in [6.45, 7) is 2.59. The highest BCUT2D eigenvalue weighted by molar-refractivity contribution is 9.10. The van der Waals surface area contributed by atoms with Crippen LogP contribution in [0.25, 0.3) is 0 Å². The van der Waals surface area contributed by atoms with E-state index < -0.39 is 23.8 Å². The van der Waals surface area contributed by atoms with E-state index in [1.54, 1.807) is 30.0 Å². The molecule has 7 nitrogen and oxygen atoms in total. The van der Waals surface area contributed by atoms with Crippen LogP contribution in [0, 0.1) is 0 Å². The van der Waals surface area contributed by atoms with E-state index >= 15 is 0 Å². The minimum Gasteiger partial charge on any atom is -0.466 e. The van der Waals surface area contributed by atoms with Crippen molar-refractivity contribution in [3.05, 3.63) is 56.8 Å². The van der Waals surface area contributed by atoms with Crippen LogP contribution >= 0.6 is 27.5 Å². The van der Waals surface area contributed by atoms with Crippen LogP contribution < -0.4 is 5.32 Å². The molecule has 2 heterocycles. The maximum atomic E-state index is 13.0. The minimum absolute atomic E-state index is 0.0239. The SMILES string of the molecule is CCOC(=O)C1=C(CCl)N2CCNC(=O)C2=C(C(=O)OC)C1c1cccc(Br)c1. The zero-order valence-electron chi connectivity index (χ0n) is 16.0. The molecule has 1 aromatic carbocycles. The third kappa shape index (κ3) is 3.91. The fourth-order valence-electron chi connectivity index (χ4n) is 3.66. The van der Waals surface area contributed by atoms with E-state index in [0.29, 0.717) is 24.4 Å². The molecule has 154 valence electrons. The first-order valence-corrected chi connectivity index (χ1v) is 10.4. The predicted molar refractivity (Wildman–Crippen MR) is 110 cm³/mol. The number of nitrogens with one attached hydrogen (secondary N) is 1. The van der Waals surface area contributed by atoms with E-state index in [4.69, 9.17) is 21.1 Å². The molecule has 0 radical (unpaired) electrons. The van der Waals surface area contributed by atoms with Gasteiger partial charge in [-0.25, -0.2) is 9.59 Å². The summed E-state index contributed by atoms with van der Waals surface area (Å²) in [7, 11) is 1.24. The van der Waals surface area contributed by atoms with Gasteiger partial charge in [0.15, 0.2) is 0 Å². The molecule has 1 N–H and O–H groups in total. The standard InChI is InChI=1S/C20H20BrClN2O5/c1-3-29-20(27)15-13(10-22)24-8-7-23-18(25)17(24)16(19(26)28-2)14(15)11-5-4-6-12(21)9-11/h4-6,9,14H,3,7-8,10H2,1-2H3,(H,23,25). The molecule has 0 spiro atoms. The molecular formula is C20H20BrClN2O5. The van der Waals surface area contributed by atoms with Crippen molar-refractivity contribution < 1.29 is 23.9 Å². The highest BCUT2D eigenvalue weighted by atomic mass is 79.9. The molecule has 0 bridgehead atoms. The summed E-state index contributed by atoms with van der Waals surface area (Å²) in [6, 6.07) is 7.18.